The van der Waals surface area contributed by atoms with Crippen LogP contribution >= 0.6 is 15.9 Å². The van der Waals surface area contributed by atoms with Gasteiger partial charge in [0, 0.05) is 73.3 Å². The van der Waals surface area contributed by atoms with Crippen LogP contribution in [-0.4, -0.2) is 185 Å². The maximum Gasteiger partial charge on any atom is 0.305 e. The smallest absolute Gasteiger partial charge is 0.305 e. The van der Waals surface area contributed by atoms with Gasteiger partial charge in [0.25, 0.3) is 0 Å². The average molecular weight is 956 g/mol. The van der Waals surface area contributed by atoms with Crippen molar-refractivity contribution in [3.63, 3.8) is 0 Å². The summed E-state index contributed by atoms with van der Waals surface area (Å²) in [5.41, 5.74) is 0. The highest BCUT2D eigenvalue weighted by atomic mass is 79.9. The summed E-state index contributed by atoms with van der Waals surface area (Å²) >= 11 is 3.07. The van der Waals surface area contributed by atoms with Gasteiger partial charge in [-0.25, -0.2) is 0 Å². The lowest BCUT2D eigenvalue weighted by Crippen LogP contribution is -2.30. The fraction of sp³-hybridized carbons (Fsp3) is 0.872. The first-order chi connectivity index (χ1) is 29.3. The first-order valence-electron chi connectivity index (χ1n) is 20.5. The van der Waals surface area contributed by atoms with Crippen molar-refractivity contribution in [2.24, 2.45) is 0 Å². The van der Waals surface area contributed by atoms with E-state index in [1.807, 2.05) is 20.8 Å². The molecule has 0 aromatic rings. The third-order valence-electron chi connectivity index (χ3n) is 7.95. The molecule has 6 unspecified atom stereocenters. The van der Waals surface area contributed by atoms with Crippen molar-refractivity contribution in [1.82, 2.24) is 10.6 Å². The number of esters is 2. The SMILES string of the molecule is CCC(CO)OC(CO)OC.CCC(COC(=O)CCCC(=O)NCCCOCCCNC(=O)CBr)OC(CO)OC.CCC(COC(=O)CCCC(=O)O)OC(CO)OC. The van der Waals surface area contributed by atoms with Crippen molar-refractivity contribution in [1.29, 1.82) is 0 Å². The molecule has 0 aromatic heterocycles. The van der Waals surface area contributed by atoms with E-state index in [1.54, 1.807) is 0 Å². The van der Waals surface area contributed by atoms with Crippen LogP contribution in [0.5, 0.6) is 0 Å². The van der Waals surface area contributed by atoms with Crippen molar-refractivity contribution in [2.45, 2.75) is 129 Å². The molecule has 21 nitrogen and oxygen atoms in total. The highest BCUT2D eigenvalue weighted by Gasteiger charge is 2.18. The number of aliphatic hydroxyl groups is 4. The lowest BCUT2D eigenvalue weighted by atomic mass is 10.2. The molecule has 0 radical (unpaired) electrons. The molecule has 7 N–H and O–H groups in total. The maximum absolute atomic E-state index is 11.8. The molecule has 6 atom stereocenters. The molecule has 2 amide bonds. The summed E-state index contributed by atoms with van der Waals surface area (Å²) in [5, 5.41) is 49.5. The van der Waals surface area contributed by atoms with Gasteiger partial charge in [-0.15, -0.1) is 0 Å². The van der Waals surface area contributed by atoms with E-state index in [2.05, 4.69) is 26.6 Å². The molecule has 0 rings (SSSR count). The fourth-order valence-electron chi connectivity index (χ4n) is 4.27. The van der Waals surface area contributed by atoms with Crippen LogP contribution in [0.4, 0.5) is 0 Å². The third-order valence-corrected chi connectivity index (χ3v) is 8.46. The third kappa shape index (κ3) is 41.2. The molecule has 0 spiro atoms. The van der Waals surface area contributed by atoms with Gasteiger partial charge in [-0.05, 0) is 44.9 Å². The zero-order valence-corrected chi connectivity index (χ0v) is 38.4. The molecule has 0 aliphatic heterocycles. The molecule has 0 aromatic carbocycles. The highest BCUT2D eigenvalue weighted by molar-refractivity contribution is 9.09. The Morgan fingerprint density at radius 1 is 0.541 bits per heavy atom. The molecule has 0 heterocycles. The van der Waals surface area contributed by atoms with Gasteiger partial charge in [0.2, 0.25) is 11.8 Å². The van der Waals surface area contributed by atoms with E-state index in [9.17, 15) is 24.0 Å². The Balaban J connectivity index is -0.000000945. The molecule has 0 bridgehead atoms. The Labute approximate surface area is 368 Å². The number of rotatable bonds is 37. The van der Waals surface area contributed by atoms with E-state index in [4.69, 9.17) is 68.2 Å². The second-order valence-corrected chi connectivity index (χ2v) is 13.4. The average Bonchev–Trinajstić information content (AvgIpc) is 3.26. The number of nitrogens with one attached hydrogen (secondary N) is 2. The topological polar surface area (TPSA) is 294 Å². The standard InChI is InChI=1S/C20H37BrN2O8.C12H22O7.C7H16O4/c1-3-16(31-20(14-24)28-2)15-30-19(27)8-4-7-17(25)22-9-5-11-29-12-6-10-23-18(26)13-21;1-3-9(19-12(7-13)17-2)8-18-11(16)6-4-5-10(14)15;1-3-6(4-8)11-7(5-9)10-2/h16,20,24H,3-15H2,1-2H3,(H,22,25)(H,23,26);9,12-13H,3-8H2,1-2H3,(H,14,15);6-9H,3-5H2,1-2H3. The number of carbonyl (C=O) groups excluding carboxylic acids is 4. The van der Waals surface area contributed by atoms with Gasteiger partial charge >= 0.3 is 17.9 Å². The molecular formula is C39H75BrN2O19. The van der Waals surface area contributed by atoms with E-state index in [0.717, 1.165) is 6.42 Å². The summed E-state index contributed by atoms with van der Waals surface area (Å²) in [6.45, 7) is 7.13. The first-order valence-corrected chi connectivity index (χ1v) is 21.6. The van der Waals surface area contributed by atoms with Gasteiger partial charge in [-0.3, -0.25) is 24.0 Å². The molecule has 0 saturated carbocycles. The van der Waals surface area contributed by atoms with E-state index < -0.39 is 36.8 Å². The Bertz CT molecular complexity index is 1050. The predicted molar refractivity (Wildman–Crippen MR) is 223 cm³/mol. The van der Waals surface area contributed by atoms with Gasteiger partial charge in [0.05, 0.1) is 50.1 Å². The normalized spacial score (nSPS) is 13.8. The number of aliphatic carboxylic acids is 1. The summed E-state index contributed by atoms with van der Waals surface area (Å²) in [7, 11) is 4.28. The van der Waals surface area contributed by atoms with Crippen LogP contribution in [0.1, 0.15) is 91.4 Å². The minimum Gasteiger partial charge on any atom is -0.481 e. The number of alkyl halides is 1. The van der Waals surface area contributed by atoms with Crippen LogP contribution in [0.15, 0.2) is 0 Å². The highest BCUT2D eigenvalue weighted by Crippen LogP contribution is 2.08. The van der Waals surface area contributed by atoms with Gasteiger partial charge in [-0.2, -0.15) is 0 Å². The monoisotopic (exact) mass is 954 g/mol. The molecule has 0 aliphatic carbocycles. The number of amides is 2. The van der Waals surface area contributed by atoms with Crippen molar-refractivity contribution >= 4 is 45.7 Å². The number of aliphatic hydroxyl groups excluding tert-OH is 4. The van der Waals surface area contributed by atoms with Gasteiger partial charge in [0.15, 0.2) is 18.9 Å². The van der Waals surface area contributed by atoms with Crippen LogP contribution in [0.25, 0.3) is 0 Å². The molecule has 61 heavy (non-hydrogen) atoms. The van der Waals surface area contributed by atoms with E-state index in [0.29, 0.717) is 63.7 Å². The van der Waals surface area contributed by atoms with Crippen molar-refractivity contribution in [3.05, 3.63) is 0 Å². The lowest BCUT2D eigenvalue weighted by molar-refractivity contribution is -0.188. The number of ether oxygens (including phenoxy) is 9. The predicted octanol–water partition coefficient (Wildman–Crippen LogP) is 1.17. The molecule has 0 aliphatic rings. The zero-order valence-electron chi connectivity index (χ0n) is 36.8. The van der Waals surface area contributed by atoms with Crippen LogP contribution in [0, 0.1) is 0 Å². The summed E-state index contributed by atoms with van der Waals surface area (Å²) in [5.74, 6) is -1.96. The van der Waals surface area contributed by atoms with Crippen molar-refractivity contribution in [2.75, 3.05) is 92.6 Å². The van der Waals surface area contributed by atoms with Crippen LogP contribution < -0.4 is 10.6 Å². The summed E-state index contributed by atoms with van der Waals surface area (Å²) < 4.78 is 46.0. The quantitative estimate of drug-likeness (QED) is 0.0199. The fourth-order valence-corrected chi connectivity index (χ4v) is 4.47. The van der Waals surface area contributed by atoms with Gasteiger partial charge in [-0.1, -0.05) is 36.7 Å². The largest absolute Gasteiger partial charge is 0.481 e. The second kappa shape index (κ2) is 45.4. The Morgan fingerprint density at radius 2 is 0.934 bits per heavy atom. The zero-order chi connectivity index (χ0) is 46.7. The molecule has 22 heteroatoms. The van der Waals surface area contributed by atoms with E-state index in [-0.39, 0.29) is 102 Å². The molecule has 0 saturated heterocycles. The number of hydrogen-bond acceptors (Lipinski definition) is 18. The summed E-state index contributed by atoms with van der Waals surface area (Å²) in [6, 6.07) is 0. The number of carbonyl (C=O) groups is 5. The van der Waals surface area contributed by atoms with Crippen molar-refractivity contribution in [3.8, 4) is 0 Å². The molecule has 362 valence electrons. The Kier molecular flexibility index (Phi) is 46.7. The summed E-state index contributed by atoms with van der Waals surface area (Å²) in [4.78, 5) is 56.2. The number of methoxy groups -OCH3 is 3. The number of halogens is 1. The van der Waals surface area contributed by atoms with E-state index in [1.165, 1.54) is 21.3 Å². The maximum atomic E-state index is 11.8. The lowest BCUT2D eigenvalue weighted by Gasteiger charge is -2.21. The number of carboxylic acids is 1. The Morgan fingerprint density at radius 3 is 1.28 bits per heavy atom. The van der Waals surface area contributed by atoms with Crippen LogP contribution in [-0.2, 0) is 66.6 Å². The second-order valence-electron chi connectivity index (χ2n) is 12.8. The van der Waals surface area contributed by atoms with Crippen LogP contribution in [0.3, 0.4) is 0 Å². The van der Waals surface area contributed by atoms with Crippen LogP contribution in [0.2, 0.25) is 0 Å². The minimum absolute atomic E-state index is 0.0453. The van der Waals surface area contributed by atoms with E-state index >= 15 is 0 Å². The number of hydrogen-bond donors (Lipinski definition) is 7. The summed E-state index contributed by atoms with van der Waals surface area (Å²) in [6.07, 6.45) is 1.32. The van der Waals surface area contributed by atoms with Gasteiger partial charge < -0.3 is 78.8 Å². The minimum atomic E-state index is -0.937. The number of carboxylic acid groups (broad SMARTS) is 1. The first kappa shape index (κ1) is 62.7. The Hall–Kier alpha value is -2.61. The molecule has 0 fully saturated rings. The van der Waals surface area contributed by atoms with Gasteiger partial charge in [0.1, 0.15) is 13.2 Å². The van der Waals surface area contributed by atoms with Crippen molar-refractivity contribution < 1.29 is 92.1 Å². The molecular weight excluding hydrogens is 880 g/mol.